The van der Waals surface area contributed by atoms with Gasteiger partial charge in [-0.3, -0.25) is 0 Å². The van der Waals surface area contributed by atoms with Crippen LogP contribution in [-0.4, -0.2) is 39.5 Å². The Bertz CT molecular complexity index is 1020. The zero-order chi connectivity index (χ0) is 16.9. The predicted octanol–water partition coefficient (Wildman–Crippen LogP) is 1.48. The fourth-order valence-electron chi connectivity index (χ4n) is 2.66. The summed E-state index contributed by atoms with van der Waals surface area (Å²) in [5.74, 6) is 0.163. The highest BCUT2D eigenvalue weighted by molar-refractivity contribution is 7.90. The van der Waals surface area contributed by atoms with Gasteiger partial charge in [-0.2, -0.15) is 0 Å². The minimum atomic E-state index is -3.60. The number of hydrogen-bond acceptors (Lipinski definition) is 7. The van der Waals surface area contributed by atoms with Gasteiger partial charge in [0.1, 0.15) is 27.7 Å². The van der Waals surface area contributed by atoms with Crippen molar-refractivity contribution < 1.29 is 18.0 Å². The summed E-state index contributed by atoms with van der Waals surface area (Å²) >= 11 is 6.17. The van der Waals surface area contributed by atoms with Crippen molar-refractivity contribution in [1.82, 2.24) is 19.7 Å². The Morgan fingerprint density at radius 2 is 2.09 bits per heavy atom. The first-order valence-electron chi connectivity index (χ1n) is 6.52. The van der Waals surface area contributed by atoms with Gasteiger partial charge in [-0.25, -0.2) is 18.4 Å². The molecule has 0 aliphatic carbocycles. The number of aliphatic hydroxyl groups is 1. The largest absolute Gasteiger partial charge is 0.390 e. The zero-order valence-electron chi connectivity index (χ0n) is 12.5. The molecule has 3 heterocycles. The molecule has 0 radical (unpaired) electrons. The number of aliphatic hydroxyl groups excluding tert-OH is 1. The maximum Gasteiger partial charge on any atom is 0.181 e. The van der Waals surface area contributed by atoms with Crippen molar-refractivity contribution >= 4 is 32.5 Å². The Morgan fingerprint density at radius 1 is 1.39 bits per heavy atom. The lowest BCUT2D eigenvalue weighted by Crippen LogP contribution is -2.02. The van der Waals surface area contributed by atoms with Gasteiger partial charge in [-0.15, -0.1) is 0 Å². The molecule has 3 aromatic rings. The molecule has 0 aliphatic rings. The van der Waals surface area contributed by atoms with Crippen molar-refractivity contribution in [2.45, 2.75) is 18.4 Å². The van der Waals surface area contributed by atoms with E-state index < -0.39 is 9.84 Å². The second kappa shape index (κ2) is 5.29. The molecule has 0 spiro atoms. The van der Waals surface area contributed by atoms with Crippen LogP contribution in [0.5, 0.6) is 0 Å². The van der Waals surface area contributed by atoms with Gasteiger partial charge in [0, 0.05) is 18.9 Å². The summed E-state index contributed by atoms with van der Waals surface area (Å²) < 4.78 is 30.9. The fraction of sp³-hybridized carbons (Fsp3) is 0.308. The van der Waals surface area contributed by atoms with Gasteiger partial charge in [-0.1, -0.05) is 16.8 Å². The molecule has 10 heteroatoms. The number of aromatic nitrogens is 4. The maximum atomic E-state index is 12.1. The van der Waals surface area contributed by atoms with E-state index in [0.29, 0.717) is 22.3 Å². The van der Waals surface area contributed by atoms with E-state index in [9.17, 15) is 13.5 Å². The highest BCUT2D eigenvalue weighted by Gasteiger charge is 2.30. The molecule has 1 N–H and O–H groups in total. The predicted molar refractivity (Wildman–Crippen MR) is 82.8 cm³/mol. The topological polar surface area (TPSA) is 111 Å². The number of fused-ring (bicyclic) bond motifs is 1. The van der Waals surface area contributed by atoms with E-state index in [1.165, 1.54) is 13.3 Å². The minimum absolute atomic E-state index is 0.0420. The highest BCUT2D eigenvalue weighted by Crippen LogP contribution is 2.39. The van der Waals surface area contributed by atoms with Crippen molar-refractivity contribution in [3.05, 3.63) is 22.9 Å². The van der Waals surface area contributed by atoms with E-state index in [4.69, 9.17) is 16.1 Å². The molecule has 0 saturated heterocycles. The monoisotopic (exact) mass is 356 g/mol. The SMILES string of the molecule is Cc1onc(-c2c(CO)n(C)c3ncnc(Cl)c23)c1S(C)(=O)=O. The van der Waals surface area contributed by atoms with E-state index >= 15 is 0 Å². The first-order valence-corrected chi connectivity index (χ1v) is 8.79. The van der Waals surface area contributed by atoms with Crippen LogP contribution in [0.15, 0.2) is 15.7 Å². The molecule has 0 unspecified atom stereocenters. The number of halogens is 1. The van der Waals surface area contributed by atoms with E-state index in [0.717, 1.165) is 6.26 Å². The average molecular weight is 357 g/mol. The number of sulfone groups is 1. The van der Waals surface area contributed by atoms with E-state index in [2.05, 4.69) is 15.1 Å². The van der Waals surface area contributed by atoms with E-state index in [1.807, 2.05) is 0 Å². The summed E-state index contributed by atoms with van der Waals surface area (Å²) in [5, 5.41) is 14.2. The van der Waals surface area contributed by atoms with Gasteiger partial charge in [0.05, 0.1) is 17.7 Å². The standard InChI is InChI=1S/C13H13ClN4O4S/c1-6-11(23(3,20)21)10(17-22-6)8-7(4-19)18(2)13-9(8)12(14)15-5-16-13/h5,19H,4H2,1-3H3. The number of aryl methyl sites for hydroxylation is 2. The van der Waals surface area contributed by atoms with E-state index in [1.54, 1.807) is 11.6 Å². The molecule has 3 rings (SSSR count). The molecule has 3 aromatic heterocycles. The van der Waals surface area contributed by atoms with Crippen LogP contribution in [-0.2, 0) is 23.5 Å². The summed E-state index contributed by atoms with van der Waals surface area (Å²) in [6, 6.07) is 0. The molecule has 23 heavy (non-hydrogen) atoms. The first-order chi connectivity index (χ1) is 10.8. The molecular weight excluding hydrogens is 344 g/mol. The fourth-order valence-corrected chi connectivity index (χ4v) is 3.94. The number of hydrogen-bond donors (Lipinski definition) is 1. The molecule has 0 bridgehead atoms. The molecule has 0 aromatic carbocycles. The Morgan fingerprint density at radius 3 is 2.70 bits per heavy atom. The molecule has 0 saturated carbocycles. The van der Waals surface area contributed by atoms with Crippen LogP contribution < -0.4 is 0 Å². The second-order valence-corrected chi connectivity index (χ2v) is 7.40. The van der Waals surface area contributed by atoms with Crippen molar-refractivity contribution in [2.75, 3.05) is 6.26 Å². The van der Waals surface area contributed by atoms with Gasteiger partial charge in [-0.05, 0) is 6.92 Å². The van der Waals surface area contributed by atoms with Crippen LogP contribution in [0.25, 0.3) is 22.3 Å². The third-order valence-corrected chi connectivity index (χ3v) is 5.12. The first kappa shape index (κ1) is 15.9. The van der Waals surface area contributed by atoms with Crippen molar-refractivity contribution in [3.8, 4) is 11.3 Å². The lowest BCUT2D eigenvalue weighted by Gasteiger charge is -2.04. The molecule has 0 fully saturated rings. The van der Waals surface area contributed by atoms with Crippen LogP contribution in [0.4, 0.5) is 0 Å². The Hall–Kier alpha value is -1.97. The summed E-state index contributed by atoms with van der Waals surface area (Å²) in [4.78, 5) is 8.03. The summed E-state index contributed by atoms with van der Waals surface area (Å²) in [6.45, 7) is 1.16. The summed E-state index contributed by atoms with van der Waals surface area (Å²) in [5.41, 5.74) is 1.33. The maximum absolute atomic E-state index is 12.1. The lowest BCUT2D eigenvalue weighted by atomic mass is 10.1. The number of nitrogens with zero attached hydrogens (tertiary/aromatic N) is 4. The highest BCUT2D eigenvalue weighted by atomic mass is 35.5. The smallest absolute Gasteiger partial charge is 0.181 e. The average Bonchev–Trinajstić information content (AvgIpc) is 2.98. The molecule has 122 valence electrons. The second-order valence-electron chi connectivity index (χ2n) is 5.09. The van der Waals surface area contributed by atoms with Gasteiger partial charge in [0.15, 0.2) is 15.6 Å². The van der Waals surface area contributed by atoms with Crippen LogP contribution in [0.2, 0.25) is 5.15 Å². The normalized spacial score (nSPS) is 12.2. The van der Waals surface area contributed by atoms with Crippen LogP contribution in [0.1, 0.15) is 11.5 Å². The van der Waals surface area contributed by atoms with Crippen molar-refractivity contribution in [1.29, 1.82) is 0 Å². The lowest BCUT2D eigenvalue weighted by molar-refractivity contribution is 0.273. The van der Waals surface area contributed by atoms with Gasteiger partial charge in [0.25, 0.3) is 0 Å². The van der Waals surface area contributed by atoms with Crippen LogP contribution in [0.3, 0.4) is 0 Å². The van der Waals surface area contributed by atoms with Crippen molar-refractivity contribution in [2.24, 2.45) is 7.05 Å². The quantitative estimate of drug-likeness (QED) is 0.707. The van der Waals surface area contributed by atoms with Crippen LogP contribution in [0, 0.1) is 6.92 Å². The molecular formula is C13H13ClN4O4S. The zero-order valence-corrected chi connectivity index (χ0v) is 14.1. The minimum Gasteiger partial charge on any atom is -0.390 e. The number of rotatable bonds is 3. The van der Waals surface area contributed by atoms with Gasteiger partial charge in [0.2, 0.25) is 0 Å². The summed E-state index contributed by atoms with van der Waals surface area (Å²) in [6.07, 6.45) is 2.36. The van der Waals surface area contributed by atoms with Gasteiger partial charge < -0.3 is 14.2 Å². The summed E-state index contributed by atoms with van der Waals surface area (Å²) in [7, 11) is -1.91. The third-order valence-electron chi connectivity index (χ3n) is 3.61. The van der Waals surface area contributed by atoms with Crippen molar-refractivity contribution in [3.63, 3.8) is 0 Å². The molecule has 0 atom stereocenters. The third kappa shape index (κ3) is 2.32. The van der Waals surface area contributed by atoms with E-state index in [-0.39, 0.29) is 28.1 Å². The Kier molecular flexibility index (Phi) is 3.66. The molecule has 0 amide bonds. The Balaban J connectivity index is 2.52. The Labute approximate surface area is 136 Å². The van der Waals surface area contributed by atoms with Crippen LogP contribution >= 0.6 is 11.6 Å². The van der Waals surface area contributed by atoms with Gasteiger partial charge >= 0.3 is 0 Å². The molecule has 0 aliphatic heterocycles. The molecule has 8 nitrogen and oxygen atoms in total.